The molecule has 0 N–H and O–H groups in total. The van der Waals surface area contributed by atoms with Crippen LogP contribution in [-0.2, 0) is 11.3 Å². The third kappa shape index (κ3) is 3.40. The molecule has 0 amide bonds. The molecular weight excluding hydrogens is 274 g/mol. The van der Waals surface area contributed by atoms with Crippen molar-refractivity contribution in [2.24, 2.45) is 0 Å². The fourth-order valence-corrected chi connectivity index (χ4v) is 1.17. The Morgan fingerprint density at radius 2 is 1.91 bits per heavy atom. The van der Waals surface area contributed by atoms with E-state index >= 15 is 0 Å². The molecule has 0 spiro atoms. The lowest BCUT2D eigenvalue weighted by Crippen LogP contribution is -1.89. The first kappa shape index (κ1) is 9.29. The van der Waals surface area contributed by atoms with Crippen molar-refractivity contribution in [2.45, 2.75) is 6.61 Å². The minimum absolute atomic E-state index is 0.256. The molecule has 0 aliphatic heterocycles. The fourth-order valence-electron chi connectivity index (χ4n) is 0.737. The zero-order valence-corrected chi connectivity index (χ0v) is 8.80. The zero-order chi connectivity index (χ0) is 8.10. The number of benzene rings is 1. The summed E-state index contributed by atoms with van der Waals surface area (Å²) < 4.78 is 6.26. The van der Waals surface area contributed by atoms with Gasteiger partial charge in [0.15, 0.2) is 0 Å². The van der Waals surface area contributed by atoms with Crippen LogP contribution in [0.1, 0.15) is 5.56 Å². The molecule has 1 aromatic rings. The zero-order valence-electron chi connectivity index (χ0n) is 5.89. The van der Waals surface area contributed by atoms with Crippen LogP contribution < -0.4 is 0 Å². The van der Waals surface area contributed by atoms with Crippen molar-refractivity contribution in [3.05, 3.63) is 33.4 Å². The van der Waals surface area contributed by atoms with Gasteiger partial charge in [0.25, 0.3) is 0 Å². The Labute approximate surface area is 84.8 Å². The minimum atomic E-state index is 0.256. The van der Waals surface area contributed by atoms with Gasteiger partial charge >= 0.3 is 0 Å². The molecule has 0 heterocycles. The molecule has 0 aliphatic rings. The Kier molecular flexibility index (Phi) is 4.18. The molecule has 0 radical (unpaired) electrons. The van der Waals surface area contributed by atoms with E-state index in [2.05, 4.69) is 22.6 Å². The van der Waals surface area contributed by atoms with Crippen LogP contribution in [0.5, 0.6) is 0 Å². The van der Waals surface area contributed by atoms with E-state index in [-0.39, 0.29) is 6.07 Å². The fraction of sp³-hybridized carbons (Fsp3) is 0.250. The first-order chi connectivity index (χ1) is 5.33. The lowest BCUT2D eigenvalue weighted by molar-refractivity contribution is 0.165. The van der Waals surface area contributed by atoms with Crippen LogP contribution in [-0.4, -0.2) is 6.07 Å². The maximum atomic E-state index is 5.36. The van der Waals surface area contributed by atoms with Crippen molar-refractivity contribution >= 4 is 34.2 Å². The number of ether oxygens (including phenoxy) is 1. The average molecular weight is 283 g/mol. The first-order valence-corrected chi connectivity index (χ1v) is 4.82. The largest absolute Gasteiger partial charge is 0.361 e. The topological polar surface area (TPSA) is 9.23 Å². The van der Waals surface area contributed by atoms with Gasteiger partial charge in [-0.3, -0.25) is 0 Å². The van der Waals surface area contributed by atoms with Gasteiger partial charge in [-0.1, -0.05) is 23.7 Å². The van der Waals surface area contributed by atoms with Gasteiger partial charge in [0.1, 0.15) is 6.07 Å². The van der Waals surface area contributed by atoms with Crippen molar-refractivity contribution in [1.29, 1.82) is 0 Å². The van der Waals surface area contributed by atoms with E-state index in [0.29, 0.717) is 6.61 Å². The molecule has 0 unspecified atom stereocenters. The van der Waals surface area contributed by atoms with E-state index in [4.69, 9.17) is 16.3 Å². The van der Waals surface area contributed by atoms with Gasteiger partial charge in [-0.15, -0.1) is 0 Å². The number of alkyl halides is 1. The summed E-state index contributed by atoms with van der Waals surface area (Å²) in [5, 5.41) is 0. The highest BCUT2D eigenvalue weighted by molar-refractivity contribution is 14.1. The summed E-state index contributed by atoms with van der Waals surface area (Å²) in [5.74, 6) is 0. The summed E-state index contributed by atoms with van der Waals surface area (Å²) in [6, 6.07) is 8.43. The molecule has 11 heavy (non-hydrogen) atoms. The molecular formula is C8H8ClIO. The predicted octanol–water partition coefficient (Wildman–Crippen LogP) is 3.00. The molecule has 0 saturated heterocycles. The van der Waals surface area contributed by atoms with Crippen LogP contribution in [0.15, 0.2) is 24.3 Å². The molecule has 1 aromatic carbocycles. The van der Waals surface area contributed by atoms with Crippen LogP contribution >= 0.6 is 34.2 Å². The summed E-state index contributed by atoms with van der Waals surface area (Å²) >= 11 is 7.63. The maximum Gasteiger partial charge on any atom is 0.121 e. The molecule has 3 heteroatoms. The van der Waals surface area contributed by atoms with Crippen LogP contribution in [0, 0.1) is 3.57 Å². The summed E-state index contributed by atoms with van der Waals surface area (Å²) in [4.78, 5) is 0. The second-order valence-electron chi connectivity index (χ2n) is 2.08. The van der Waals surface area contributed by atoms with Crippen LogP contribution in [0.3, 0.4) is 0 Å². The van der Waals surface area contributed by atoms with Crippen molar-refractivity contribution in [3.63, 3.8) is 0 Å². The third-order valence-electron chi connectivity index (χ3n) is 1.26. The highest BCUT2D eigenvalue weighted by Gasteiger charge is 1.91. The lowest BCUT2D eigenvalue weighted by Gasteiger charge is -1.99. The standard InChI is InChI=1S/C8H8ClIO/c9-6-11-5-7-1-3-8(10)4-2-7/h1-4H,5-6H2. The Bertz CT molecular complexity index is 210. The van der Waals surface area contributed by atoms with Gasteiger partial charge in [-0.05, 0) is 40.3 Å². The molecule has 0 saturated carbocycles. The van der Waals surface area contributed by atoms with E-state index in [0.717, 1.165) is 5.56 Å². The van der Waals surface area contributed by atoms with E-state index < -0.39 is 0 Å². The Morgan fingerprint density at radius 1 is 1.27 bits per heavy atom. The highest BCUT2D eigenvalue weighted by Crippen LogP contribution is 2.07. The Hall–Kier alpha value is 0.200. The summed E-state index contributed by atoms with van der Waals surface area (Å²) in [6.45, 7) is 0.598. The first-order valence-electron chi connectivity index (χ1n) is 3.21. The smallest absolute Gasteiger partial charge is 0.121 e. The highest BCUT2D eigenvalue weighted by atomic mass is 127. The van der Waals surface area contributed by atoms with Crippen molar-refractivity contribution < 1.29 is 4.74 Å². The van der Waals surface area contributed by atoms with Crippen LogP contribution in [0.25, 0.3) is 0 Å². The van der Waals surface area contributed by atoms with Crippen LogP contribution in [0.2, 0.25) is 0 Å². The Balaban J connectivity index is 2.52. The quantitative estimate of drug-likeness (QED) is 0.612. The van der Waals surface area contributed by atoms with E-state index in [1.807, 2.05) is 24.3 Å². The number of hydrogen-bond donors (Lipinski definition) is 0. The molecule has 0 aromatic heterocycles. The number of rotatable bonds is 3. The average Bonchev–Trinajstić information content (AvgIpc) is 2.04. The molecule has 0 bridgehead atoms. The molecule has 0 fully saturated rings. The number of hydrogen-bond acceptors (Lipinski definition) is 1. The van der Waals surface area contributed by atoms with E-state index in [9.17, 15) is 0 Å². The normalized spacial score (nSPS) is 10.0. The van der Waals surface area contributed by atoms with Gasteiger partial charge in [-0.25, -0.2) is 0 Å². The minimum Gasteiger partial charge on any atom is -0.361 e. The third-order valence-corrected chi connectivity index (χ3v) is 2.13. The molecule has 1 rings (SSSR count). The van der Waals surface area contributed by atoms with Gasteiger partial charge < -0.3 is 4.74 Å². The second kappa shape index (κ2) is 4.95. The van der Waals surface area contributed by atoms with Gasteiger partial charge in [0.05, 0.1) is 6.61 Å². The predicted molar refractivity (Wildman–Crippen MR) is 54.7 cm³/mol. The van der Waals surface area contributed by atoms with E-state index in [1.54, 1.807) is 0 Å². The summed E-state index contributed by atoms with van der Waals surface area (Å²) in [6.07, 6.45) is 0. The lowest BCUT2D eigenvalue weighted by atomic mass is 10.2. The maximum absolute atomic E-state index is 5.36. The molecule has 0 aliphatic carbocycles. The molecule has 0 atom stereocenters. The Morgan fingerprint density at radius 3 is 2.45 bits per heavy atom. The van der Waals surface area contributed by atoms with Crippen LogP contribution in [0.4, 0.5) is 0 Å². The molecule has 1 nitrogen and oxygen atoms in total. The van der Waals surface area contributed by atoms with Gasteiger partial charge in [-0.2, -0.15) is 0 Å². The monoisotopic (exact) mass is 282 g/mol. The van der Waals surface area contributed by atoms with Crippen molar-refractivity contribution in [1.82, 2.24) is 0 Å². The van der Waals surface area contributed by atoms with Crippen molar-refractivity contribution in [3.8, 4) is 0 Å². The van der Waals surface area contributed by atoms with Gasteiger partial charge in [0.2, 0.25) is 0 Å². The van der Waals surface area contributed by atoms with E-state index in [1.165, 1.54) is 3.57 Å². The second-order valence-corrected chi connectivity index (χ2v) is 3.55. The van der Waals surface area contributed by atoms with Gasteiger partial charge in [0, 0.05) is 3.57 Å². The summed E-state index contributed by atoms with van der Waals surface area (Å²) in [7, 11) is 0. The molecule has 60 valence electrons. The number of halogens is 2. The SMILES string of the molecule is ClCOCc1ccc(I)cc1. The van der Waals surface area contributed by atoms with Crippen molar-refractivity contribution in [2.75, 3.05) is 6.07 Å². The summed E-state index contributed by atoms with van der Waals surface area (Å²) in [5.41, 5.74) is 1.16.